The number of nitrogens with zero attached hydrogens (tertiary/aromatic N) is 2. The van der Waals surface area contributed by atoms with E-state index in [-0.39, 0.29) is 23.9 Å². The third kappa shape index (κ3) is 5.74. The molecule has 2 fully saturated rings. The number of amides is 2. The molecule has 0 spiro atoms. The summed E-state index contributed by atoms with van der Waals surface area (Å²) in [5.41, 5.74) is 0.0176. The van der Waals surface area contributed by atoms with Gasteiger partial charge in [0.1, 0.15) is 6.04 Å². The van der Waals surface area contributed by atoms with Crippen molar-refractivity contribution in [3.8, 4) is 0 Å². The van der Waals surface area contributed by atoms with Gasteiger partial charge in [-0.05, 0) is 43.7 Å². The molecule has 1 aromatic rings. The Morgan fingerprint density at radius 3 is 2.50 bits per heavy atom. The lowest BCUT2D eigenvalue weighted by atomic mass is 9.99. The van der Waals surface area contributed by atoms with E-state index in [0.29, 0.717) is 44.6 Å². The van der Waals surface area contributed by atoms with Crippen LogP contribution in [0.2, 0.25) is 0 Å². The number of halogens is 3. The van der Waals surface area contributed by atoms with Gasteiger partial charge in [0.25, 0.3) is 0 Å². The van der Waals surface area contributed by atoms with Gasteiger partial charge in [0.2, 0.25) is 11.8 Å². The van der Waals surface area contributed by atoms with Crippen LogP contribution < -0.4 is 5.32 Å². The first-order valence-electron chi connectivity index (χ1n) is 10.8. The second-order valence-corrected chi connectivity index (χ2v) is 8.21. The Labute approximate surface area is 175 Å². The SMILES string of the molecule is CCC(=O)N1CCCCC1C(=O)NC1CCN(Cc2cccc(C(F)(F)F)c2)CC1. The first-order chi connectivity index (χ1) is 14.3. The van der Waals surface area contributed by atoms with E-state index >= 15 is 0 Å². The standard InChI is InChI=1S/C22H30F3N3O2/c1-2-20(29)28-11-4-3-8-19(28)21(30)26-18-9-12-27(13-10-18)15-16-6-5-7-17(14-16)22(23,24)25/h5-7,14,18-19H,2-4,8-13,15H2,1H3,(H,26,30). The number of carbonyl (C=O) groups excluding carboxylic acids is 2. The highest BCUT2D eigenvalue weighted by Crippen LogP contribution is 2.30. The van der Waals surface area contributed by atoms with Crippen molar-refractivity contribution in [3.63, 3.8) is 0 Å². The van der Waals surface area contributed by atoms with Crippen molar-refractivity contribution in [2.75, 3.05) is 19.6 Å². The van der Waals surface area contributed by atoms with E-state index in [4.69, 9.17) is 0 Å². The predicted molar refractivity (Wildman–Crippen MR) is 108 cm³/mol. The minimum Gasteiger partial charge on any atom is -0.351 e. The van der Waals surface area contributed by atoms with E-state index in [1.807, 2.05) is 6.92 Å². The third-order valence-electron chi connectivity index (χ3n) is 6.02. The zero-order valence-electron chi connectivity index (χ0n) is 17.4. The van der Waals surface area contributed by atoms with Crippen LogP contribution in [0.15, 0.2) is 24.3 Å². The molecule has 2 saturated heterocycles. The Hall–Kier alpha value is -2.09. The quantitative estimate of drug-likeness (QED) is 0.785. The van der Waals surface area contributed by atoms with Crippen LogP contribution in [0.25, 0.3) is 0 Å². The van der Waals surface area contributed by atoms with Gasteiger partial charge in [0, 0.05) is 38.6 Å². The highest BCUT2D eigenvalue weighted by molar-refractivity contribution is 5.88. The molecule has 1 unspecified atom stereocenters. The minimum atomic E-state index is -4.33. The van der Waals surface area contributed by atoms with Crippen LogP contribution in [-0.4, -0.2) is 53.3 Å². The summed E-state index contributed by atoms with van der Waals surface area (Å²) in [6.07, 6.45) is 0.145. The highest BCUT2D eigenvalue weighted by atomic mass is 19.4. The maximum absolute atomic E-state index is 12.9. The van der Waals surface area contributed by atoms with E-state index in [0.717, 1.165) is 31.7 Å². The molecule has 5 nitrogen and oxygen atoms in total. The van der Waals surface area contributed by atoms with Crippen LogP contribution in [0.5, 0.6) is 0 Å². The number of piperidine rings is 2. The molecule has 2 aliphatic rings. The zero-order valence-corrected chi connectivity index (χ0v) is 17.4. The number of alkyl halides is 3. The second kappa shape index (κ2) is 9.81. The Morgan fingerprint density at radius 1 is 1.10 bits per heavy atom. The molecule has 0 saturated carbocycles. The molecule has 166 valence electrons. The van der Waals surface area contributed by atoms with E-state index in [2.05, 4.69) is 10.2 Å². The molecule has 1 N–H and O–H groups in total. The van der Waals surface area contributed by atoms with E-state index in [1.165, 1.54) is 12.1 Å². The van der Waals surface area contributed by atoms with Gasteiger partial charge in [-0.15, -0.1) is 0 Å². The molecule has 0 radical (unpaired) electrons. The Morgan fingerprint density at radius 2 is 1.83 bits per heavy atom. The minimum absolute atomic E-state index is 0.0192. The van der Waals surface area contributed by atoms with Gasteiger partial charge in [-0.3, -0.25) is 14.5 Å². The lowest BCUT2D eigenvalue weighted by molar-refractivity contribution is -0.142. The summed E-state index contributed by atoms with van der Waals surface area (Å²) in [5, 5.41) is 3.10. The first kappa shape index (κ1) is 22.6. The maximum Gasteiger partial charge on any atom is 0.416 e. The number of carbonyl (C=O) groups is 2. The summed E-state index contributed by atoms with van der Waals surface area (Å²) in [6, 6.07) is 5.11. The fourth-order valence-corrected chi connectivity index (χ4v) is 4.34. The van der Waals surface area contributed by atoms with Crippen LogP contribution in [0.3, 0.4) is 0 Å². The van der Waals surface area contributed by atoms with Crippen molar-refractivity contribution in [2.24, 2.45) is 0 Å². The summed E-state index contributed by atoms with van der Waals surface area (Å²) >= 11 is 0. The first-order valence-corrected chi connectivity index (χ1v) is 10.8. The Bertz CT molecular complexity index is 745. The number of hydrogen-bond donors (Lipinski definition) is 1. The van der Waals surface area contributed by atoms with Crippen molar-refractivity contribution in [1.29, 1.82) is 0 Å². The monoisotopic (exact) mass is 425 g/mol. The summed E-state index contributed by atoms with van der Waals surface area (Å²) < 4.78 is 38.7. The average molecular weight is 425 g/mol. The van der Waals surface area contributed by atoms with Crippen molar-refractivity contribution in [1.82, 2.24) is 15.1 Å². The fraction of sp³-hybridized carbons (Fsp3) is 0.636. The van der Waals surface area contributed by atoms with Crippen molar-refractivity contribution < 1.29 is 22.8 Å². The number of likely N-dealkylation sites (tertiary alicyclic amines) is 2. The highest BCUT2D eigenvalue weighted by Gasteiger charge is 2.33. The summed E-state index contributed by atoms with van der Waals surface area (Å²) in [5.74, 6) is -0.0569. The molecule has 0 aliphatic carbocycles. The number of benzene rings is 1. The smallest absolute Gasteiger partial charge is 0.351 e. The fourth-order valence-electron chi connectivity index (χ4n) is 4.34. The summed E-state index contributed by atoms with van der Waals surface area (Å²) in [4.78, 5) is 28.7. The van der Waals surface area contributed by atoms with E-state index in [9.17, 15) is 22.8 Å². The molecule has 3 rings (SSSR count). The molecule has 0 bridgehead atoms. The predicted octanol–water partition coefficient (Wildman–Crippen LogP) is 3.58. The van der Waals surface area contributed by atoms with Gasteiger partial charge in [-0.2, -0.15) is 13.2 Å². The Balaban J connectivity index is 1.50. The lowest BCUT2D eigenvalue weighted by Crippen LogP contribution is -2.55. The average Bonchev–Trinajstić information content (AvgIpc) is 2.74. The second-order valence-electron chi connectivity index (χ2n) is 8.21. The van der Waals surface area contributed by atoms with Crippen LogP contribution in [0.1, 0.15) is 56.6 Å². The van der Waals surface area contributed by atoms with Gasteiger partial charge in [0.05, 0.1) is 5.56 Å². The molecule has 1 atom stereocenters. The Kier molecular flexibility index (Phi) is 7.39. The summed E-state index contributed by atoms with van der Waals surface area (Å²) in [6.45, 7) is 4.34. The molecule has 30 heavy (non-hydrogen) atoms. The molecule has 2 amide bonds. The van der Waals surface area contributed by atoms with E-state index in [1.54, 1.807) is 11.0 Å². The van der Waals surface area contributed by atoms with Crippen molar-refractivity contribution in [3.05, 3.63) is 35.4 Å². The number of nitrogens with one attached hydrogen (secondary N) is 1. The summed E-state index contributed by atoms with van der Waals surface area (Å²) in [7, 11) is 0. The van der Waals surface area contributed by atoms with Crippen molar-refractivity contribution in [2.45, 2.75) is 70.3 Å². The molecule has 2 aliphatic heterocycles. The van der Waals surface area contributed by atoms with Gasteiger partial charge >= 0.3 is 6.18 Å². The molecular formula is C22H30F3N3O2. The molecular weight excluding hydrogens is 395 g/mol. The van der Waals surface area contributed by atoms with E-state index < -0.39 is 11.7 Å². The lowest BCUT2D eigenvalue weighted by Gasteiger charge is -2.37. The normalized spacial score (nSPS) is 21.5. The van der Waals surface area contributed by atoms with Gasteiger partial charge < -0.3 is 10.2 Å². The molecule has 2 heterocycles. The molecule has 0 aromatic heterocycles. The molecule has 8 heteroatoms. The maximum atomic E-state index is 12.9. The van der Waals surface area contributed by atoms with Crippen molar-refractivity contribution >= 4 is 11.8 Å². The van der Waals surface area contributed by atoms with Gasteiger partial charge in [-0.25, -0.2) is 0 Å². The largest absolute Gasteiger partial charge is 0.416 e. The topological polar surface area (TPSA) is 52.7 Å². The van der Waals surface area contributed by atoms with Crippen LogP contribution in [0, 0.1) is 0 Å². The van der Waals surface area contributed by atoms with Crippen LogP contribution in [0.4, 0.5) is 13.2 Å². The number of hydrogen-bond acceptors (Lipinski definition) is 3. The van der Waals surface area contributed by atoms with Gasteiger partial charge in [-0.1, -0.05) is 25.1 Å². The van der Waals surface area contributed by atoms with Gasteiger partial charge in [0.15, 0.2) is 0 Å². The van der Waals surface area contributed by atoms with Crippen LogP contribution in [-0.2, 0) is 22.3 Å². The third-order valence-corrected chi connectivity index (χ3v) is 6.02. The molecule has 1 aromatic carbocycles. The van der Waals surface area contributed by atoms with Crippen LogP contribution >= 0.6 is 0 Å². The number of rotatable bonds is 5. The zero-order chi connectivity index (χ0) is 21.7.